The van der Waals surface area contributed by atoms with E-state index in [0.717, 1.165) is 13.8 Å². The van der Waals surface area contributed by atoms with Gasteiger partial charge in [-0.2, -0.15) is 0 Å². The number of aliphatic hydroxyl groups excluding tert-OH is 16. The Kier molecular flexibility index (Phi) is 23.1. The highest BCUT2D eigenvalue weighted by Crippen LogP contribution is 2.39. The van der Waals surface area contributed by atoms with Crippen LogP contribution in [0.4, 0.5) is 0 Å². The zero-order valence-corrected chi connectivity index (χ0v) is 40.1. The van der Waals surface area contributed by atoms with Crippen molar-refractivity contribution < 1.29 is 153 Å². The number of rotatable bonds is 24. The number of hydrogen-bond donors (Lipinski definition) is 20. The summed E-state index contributed by atoms with van der Waals surface area (Å²) >= 11 is 0. The first-order chi connectivity index (χ1) is 35.5. The second-order valence-electron chi connectivity index (χ2n) is 18.3. The lowest BCUT2D eigenvalue weighted by Crippen LogP contribution is -2.72. The number of nitrogens with one attached hydrogen (secondary N) is 3. The van der Waals surface area contributed by atoms with Crippen molar-refractivity contribution in [2.24, 2.45) is 0 Å². The van der Waals surface area contributed by atoms with Crippen LogP contribution in [0.15, 0.2) is 0 Å². The highest BCUT2D eigenvalue weighted by atomic mass is 16.8. The number of aliphatic carboxylic acids is 1. The van der Waals surface area contributed by atoms with Gasteiger partial charge in [0.15, 0.2) is 25.2 Å². The molecule has 0 aromatic heterocycles. The van der Waals surface area contributed by atoms with Gasteiger partial charge in [0.05, 0.1) is 64.4 Å². The van der Waals surface area contributed by atoms with Crippen LogP contribution in [0.2, 0.25) is 0 Å². The Morgan fingerprint density at radius 3 is 1.56 bits per heavy atom. The molecular weight excluding hydrogens is 1030 g/mol. The number of amides is 3. The molecule has 0 aromatic carbocycles. The third-order valence-electron chi connectivity index (χ3n) is 13.1. The molecule has 5 aliphatic rings. The average Bonchev–Trinajstić information content (AvgIpc) is 3.37. The van der Waals surface area contributed by atoms with Gasteiger partial charge in [-0.25, -0.2) is 4.79 Å². The van der Waals surface area contributed by atoms with E-state index >= 15 is 0 Å². The van der Waals surface area contributed by atoms with Gasteiger partial charge in [0.2, 0.25) is 18.2 Å². The SMILES string of the molecule is CC(=O)N[C@H]1[C@H](O[C@H]2[C@@H](O)[C@@H](CO)O[C@H](O[C@@H]3[C@H](O)[C@@H](O)[C@H](O[C@H]4[C@H](O)[C@@H](O)[C@H](OC[C@@H](CO)NC=O)O[C@@H]4CO)O[C@@H]3CO)[C@@H]2O)O[C@H](CO)[C@H](O)[C@@H]1O[C@]1(C(=O)O)C[C@H](O)[C@@H](NC(C)=O)[C@H]([C@H](O)[C@H](O)CO)O1. The zero-order chi connectivity index (χ0) is 55.8. The maximum absolute atomic E-state index is 13.1. The Labute approximate surface area is 424 Å². The number of carbonyl (C=O) groups is 4. The topological polar surface area (TPSA) is 541 Å². The van der Waals surface area contributed by atoms with Crippen molar-refractivity contribution in [3.8, 4) is 0 Å². The Bertz CT molecular complexity index is 1830. The van der Waals surface area contributed by atoms with Crippen molar-refractivity contribution in [1.29, 1.82) is 0 Å². The summed E-state index contributed by atoms with van der Waals surface area (Å²) in [4.78, 5) is 48.8. The average molecular weight is 1100 g/mol. The molecule has 0 unspecified atom stereocenters. The first-order valence-electron chi connectivity index (χ1n) is 23.4. The number of ether oxygens (including phenoxy) is 10. The number of carbonyl (C=O) groups excluding carboxylic acids is 3. The van der Waals surface area contributed by atoms with E-state index in [4.69, 9.17) is 47.4 Å². The highest BCUT2D eigenvalue weighted by molar-refractivity contribution is 5.77. The number of carboxylic acid groups (broad SMARTS) is 1. The van der Waals surface area contributed by atoms with Crippen molar-refractivity contribution in [2.45, 2.75) is 185 Å². The van der Waals surface area contributed by atoms with Gasteiger partial charge in [0.25, 0.3) is 5.79 Å². The fourth-order valence-electron chi connectivity index (χ4n) is 9.12. The van der Waals surface area contributed by atoms with Crippen LogP contribution >= 0.6 is 0 Å². The quantitative estimate of drug-likeness (QED) is 0.0399. The van der Waals surface area contributed by atoms with Crippen LogP contribution in [0.5, 0.6) is 0 Å². The number of aliphatic hydroxyl groups is 16. The lowest BCUT2D eigenvalue weighted by Gasteiger charge is -2.52. The van der Waals surface area contributed by atoms with Gasteiger partial charge in [-0.05, 0) is 0 Å². The molecule has 5 rings (SSSR count). The molecule has 27 atom stereocenters. The minimum atomic E-state index is -3.19. The third kappa shape index (κ3) is 14.2. The predicted octanol–water partition coefficient (Wildman–Crippen LogP) is -13.3. The molecule has 5 aliphatic heterocycles. The summed E-state index contributed by atoms with van der Waals surface area (Å²) in [5.41, 5.74) is 0. The van der Waals surface area contributed by atoms with Gasteiger partial charge in [0, 0.05) is 20.3 Å². The molecule has 75 heavy (non-hydrogen) atoms. The van der Waals surface area contributed by atoms with Crippen LogP contribution in [-0.2, 0) is 66.5 Å². The standard InChI is InChI=1S/C41H69N3O31/c1-12(52)43-21-15(54)3-41(40(64)65,74-33(21)23(56)16(55)5-46)75-34-22(44-13(2)53)36(67-17(6-47)24(34)57)73-35-25(58)18(7-48)68-39(30(35)63)72-32-20(9-50)70-38(29(62)27(32)60)71-31-19(8-49)69-37(28(61)26(31)59)66-10-14(4-45)42-11-51/h11,14-39,45-50,54-63H,3-10H2,1-2H3,(H,42,51)(H,43,52)(H,44,53)(H,64,65)/t14-,15+,16-,17-,18-,19-,20-,21-,22-,23-,24+,25+,26-,27-,28-,29-,30-,31-,32+,33-,34-,35+,36+,37-,38+,39-,41+/m1/s1. The van der Waals surface area contributed by atoms with Gasteiger partial charge in [-0.15, -0.1) is 0 Å². The van der Waals surface area contributed by atoms with Gasteiger partial charge in [-0.3, -0.25) is 14.4 Å². The monoisotopic (exact) mass is 1100 g/mol. The summed E-state index contributed by atoms with van der Waals surface area (Å²) in [5.74, 6) is -7.04. The van der Waals surface area contributed by atoms with Gasteiger partial charge >= 0.3 is 5.97 Å². The Balaban J connectivity index is 1.38. The Hall–Kier alpha value is -3.16. The van der Waals surface area contributed by atoms with E-state index in [1.165, 1.54) is 0 Å². The molecule has 3 amide bonds. The molecule has 20 N–H and O–H groups in total. The van der Waals surface area contributed by atoms with Crippen LogP contribution in [0.1, 0.15) is 20.3 Å². The summed E-state index contributed by atoms with van der Waals surface area (Å²) in [5, 5.41) is 189. The van der Waals surface area contributed by atoms with E-state index in [-0.39, 0.29) is 6.41 Å². The second kappa shape index (κ2) is 27.6. The fraction of sp³-hybridized carbons (Fsp3) is 0.902. The smallest absolute Gasteiger partial charge is 0.364 e. The molecule has 34 nitrogen and oxygen atoms in total. The lowest BCUT2D eigenvalue weighted by atomic mass is 9.88. The summed E-state index contributed by atoms with van der Waals surface area (Å²) in [6.45, 7) is -4.42. The summed E-state index contributed by atoms with van der Waals surface area (Å²) in [6, 6.07) is -4.60. The third-order valence-corrected chi connectivity index (χ3v) is 13.1. The number of carboxylic acids is 1. The molecular formula is C41H69N3O31. The summed E-state index contributed by atoms with van der Waals surface area (Å²) < 4.78 is 56.8. The van der Waals surface area contributed by atoms with Crippen LogP contribution < -0.4 is 16.0 Å². The molecule has 0 saturated carbocycles. The Morgan fingerprint density at radius 1 is 0.600 bits per heavy atom. The maximum Gasteiger partial charge on any atom is 0.364 e. The second-order valence-corrected chi connectivity index (χ2v) is 18.3. The van der Waals surface area contributed by atoms with E-state index < -0.39 is 236 Å². The van der Waals surface area contributed by atoms with E-state index in [9.17, 15) is 106 Å². The van der Waals surface area contributed by atoms with E-state index in [2.05, 4.69) is 16.0 Å². The Morgan fingerprint density at radius 2 is 1.07 bits per heavy atom. The van der Waals surface area contributed by atoms with Crippen molar-refractivity contribution in [2.75, 3.05) is 46.2 Å². The minimum absolute atomic E-state index is 0.273. The van der Waals surface area contributed by atoms with E-state index in [1.807, 2.05) is 0 Å². The largest absolute Gasteiger partial charge is 0.477 e. The van der Waals surface area contributed by atoms with Crippen LogP contribution in [0.3, 0.4) is 0 Å². The van der Waals surface area contributed by atoms with E-state index in [1.54, 1.807) is 0 Å². The van der Waals surface area contributed by atoms with Gasteiger partial charge < -0.3 is 150 Å². The van der Waals surface area contributed by atoms with Crippen LogP contribution in [0, 0.1) is 0 Å². The van der Waals surface area contributed by atoms with E-state index in [0.29, 0.717) is 0 Å². The van der Waals surface area contributed by atoms with Gasteiger partial charge in [-0.1, -0.05) is 0 Å². The molecule has 5 fully saturated rings. The molecule has 34 heteroatoms. The maximum atomic E-state index is 13.1. The van der Waals surface area contributed by atoms with Crippen molar-refractivity contribution in [1.82, 2.24) is 16.0 Å². The minimum Gasteiger partial charge on any atom is -0.477 e. The first-order valence-corrected chi connectivity index (χ1v) is 23.4. The molecule has 0 aliphatic carbocycles. The first kappa shape index (κ1) is 62.7. The molecule has 434 valence electrons. The van der Waals surface area contributed by atoms with Crippen molar-refractivity contribution in [3.63, 3.8) is 0 Å². The van der Waals surface area contributed by atoms with Crippen molar-refractivity contribution >= 4 is 24.2 Å². The number of hydrogen-bond acceptors (Lipinski definition) is 30. The molecule has 5 saturated heterocycles. The molecule has 0 spiro atoms. The lowest BCUT2D eigenvalue weighted by molar-refractivity contribution is -0.390. The zero-order valence-electron chi connectivity index (χ0n) is 40.1. The normalized spacial score (nSPS) is 43.7. The fourth-order valence-corrected chi connectivity index (χ4v) is 9.12. The molecule has 0 radical (unpaired) electrons. The van der Waals surface area contributed by atoms with Gasteiger partial charge in [0.1, 0.15) is 116 Å². The summed E-state index contributed by atoms with van der Waals surface area (Å²) in [6.07, 6.45) is -47.0. The highest BCUT2D eigenvalue weighted by Gasteiger charge is 2.61. The van der Waals surface area contributed by atoms with Crippen LogP contribution in [0.25, 0.3) is 0 Å². The molecule has 0 aromatic rings. The predicted molar refractivity (Wildman–Crippen MR) is 231 cm³/mol. The molecule has 0 bridgehead atoms. The van der Waals surface area contributed by atoms with Crippen molar-refractivity contribution in [3.05, 3.63) is 0 Å². The molecule has 5 heterocycles. The summed E-state index contributed by atoms with van der Waals surface area (Å²) in [7, 11) is 0. The van der Waals surface area contributed by atoms with Crippen LogP contribution in [-0.4, -0.2) is 322 Å².